The lowest BCUT2D eigenvalue weighted by Gasteiger charge is -2.43. The van der Waals surface area contributed by atoms with Crippen LogP contribution in [0, 0.1) is 5.92 Å². The van der Waals surface area contributed by atoms with Crippen molar-refractivity contribution in [2.75, 3.05) is 12.4 Å². The van der Waals surface area contributed by atoms with E-state index in [0.717, 1.165) is 0 Å². The molecule has 13 heteroatoms. The van der Waals surface area contributed by atoms with E-state index in [-0.39, 0.29) is 27.6 Å². The number of benzene rings is 3. The van der Waals surface area contributed by atoms with Crippen molar-refractivity contribution in [3.8, 4) is 0 Å². The molecular weight excluding hydrogens is 755 g/mol. The Morgan fingerprint density at radius 3 is 1.65 bits per heavy atom. The van der Waals surface area contributed by atoms with Gasteiger partial charge in [-0.3, -0.25) is 0 Å². The van der Waals surface area contributed by atoms with Gasteiger partial charge < -0.3 is 27.9 Å². The lowest BCUT2D eigenvalue weighted by atomic mass is 9.99. The maximum atomic E-state index is 13.8. The van der Waals surface area contributed by atoms with Crippen LogP contribution in [0.25, 0.3) is 0 Å². The fourth-order valence-electron chi connectivity index (χ4n) is 4.99. The second kappa shape index (κ2) is 19.4. The molecule has 0 radical (unpaired) electrons. The average molecular weight is 808 g/mol. The van der Waals surface area contributed by atoms with Crippen LogP contribution in [0.15, 0.2) is 108 Å². The molecule has 0 aromatic heterocycles. The second-order valence-corrected chi connectivity index (χ2v) is 23.6. The van der Waals surface area contributed by atoms with Crippen molar-refractivity contribution in [2.45, 2.75) is 94.3 Å². The fourth-order valence-corrected chi connectivity index (χ4v) is 7.88. The molecule has 0 aliphatic carbocycles. The molecule has 55 heavy (non-hydrogen) atoms. The van der Waals surface area contributed by atoms with E-state index in [1.807, 2.05) is 6.08 Å². The van der Waals surface area contributed by atoms with Crippen molar-refractivity contribution in [3.63, 3.8) is 0 Å². The van der Waals surface area contributed by atoms with Crippen LogP contribution >= 0.6 is 11.8 Å². The molecule has 0 saturated carbocycles. The molecule has 1 fully saturated rings. The van der Waals surface area contributed by atoms with Crippen LogP contribution in [0.3, 0.4) is 0 Å². The van der Waals surface area contributed by atoms with Gasteiger partial charge in [0.2, 0.25) is 0 Å². The van der Waals surface area contributed by atoms with E-state index in [4.69, 9.17) is 23.4 Å². The Labute approximate surface area is 333 Å². The van der Waals surface area contributed by atoms with E-state index < -0.39 is 72.2 Å². The molecule has 0 bridgehead atoms. The largest absolute Gasteiger partial charge is 0.591 e. The Balaban J connectivity index is 1.80. The van der Waals surface area contributed by atoms with Crippen LogP contribution < -0.4 is 0 Å². The Hall–Kier alpha value is -3.72. The molecule has 4 rings (SSSR count). The zero-order valence-corrected chi connectivity index (χ0v) is 35.5. The molecule has 296 valence electrons. The number of carbonyl (C=O) groups excluding carboxylic acids is 3. The van der Waals surface area contributed by atoms with Crippen LogP contribution in [-0.4, -0.2) is 84.0 Å². The van der Waals surface area contributed by atoms with Gasteiger partial charge in [-0.25, -0.2) is 14.4 Å². The quantitative estimate of drug-likeness (QED) is 0.0368. The zero-order valence-electron chi connectivity index (χ0n) is 32.8. The molecular formula is C42H53NO9S2Si. The van der Waals surface area contributed by atoms with Crippen molar-refractivity contribution in [2.24, 2.45) is 10.3 Å². The molecule has 1 aliphatic rings. The zero-order chi connectivity index (χ0) is 40.4. The third kappa shape index (κ3) is 12.4. The van der Waals surface area contributed by atoms with E-state index in [1.54, 1.807) is 112 Å². The van der Waals surface area contributed by atoms with Crippen LogP contribution in [-0.2, 0) is 34.7 Å². The van der Waals surface area contributed by atoms with Gasteiger partial charge in [0, 0.05) is 18.3 Å². The van der Waals surface area contributed by atoms with Gasteiger partial charge in [0.25, 0.3) is 0 Å². The molecule has 1 aliphatic heterocycles. The molecule has 3 aromatic rings. The highest BCUT2D eigenvalue weighted by Gasteiger charge is 2.53. The molecule has 10 nitrogen and oxygen atoms in total. The first-order chi connectivity index (χ1) is 25.9. The normalized spacial score (nSPS) is 21.7. The number of esters is 3. The predicted molar refractivity (Wildman–Crippen MR) is 221 cm³/mol. The Bertz CT molecular complexity index is 1750. The van der Waals surface area contributed by atoms with Gasteiger partial charge in [0.1, 0.15) is 27.6 Å². The van der Waals surface area contributed by atoms with Crippen molar-refractivity contribution in [1.29, 1.82) is 0 Å². The van der Waals surface area contributed by atoms with E-state index in [2.05, 4.69) is 44.8 Å². The minimum absolute atomic E-state index is 0.00315. The maximum absolute atomic E-state index is 13.8. The molecule has 1 heterocycles. The minimum atomic E-state index is -2.10. The number of hydrogen-bond donors (Lipinski definition) is 0. The van der Waals surface area contributed by atoms with Gasteiger partial charge in [-0.05, 0) is 75.3 Å². The lowest BCUT2D eigenvalue weighted by molar-refractivity contribution is -0.181. The highest BCUT2D eigenvalue weighted by atomic mass is 32.2. The number of ether oxygens (including phenoxy) is 4. The smallest absolute Gasteiger partial charge is 0.338 e. The minimum Gasteiger partial charge on any atom is -0.591 e. The SMILES string of the molecule is C=CC(CO[Si](C)(C)C(C)(C)C)CSC1OC(/C=N/[S@+]([O-])C(C)(C)C)C(OC(=O)c2ccccc2)C(OC(=O)c2ccccc2)C1OC(=O)c1ccccc1. The summed E-state index contributed by atoms with van der Waals surface area (Å²) < 4.78 is 48.5. The molecule has 6 unspecified atom stereocenters. The van der Waals surface area contributed by atoms with Crippen LogP contribution in [0.4, 0.5) is 0 Å². The third-order valence-electron chi connectivity index (χ3n) is 9.39. The summed E-state index contributed by atoms with van der Waals surface area (Å²) in [5.74, 6) is -1.88. The second-order valence-electron chi connectivity index (χ2n) is 15.7. The molecule has 0 amide bonds. The van der Waals surface area contributed by atoms with Crippen molar-refractivity contribution >= 4 is 55.6 Å². The highest BCUT2D eigenvalue weighted by molar-refractivity contribution is 7.99. The topological polar surface area (TPSA) is 133 Å². The van der Waals surface area contributed by atoms with Gasteiger partial charge in [-0.2, -0.15) is 0 Å². The number of nitrogens with zero attached hydrogens (tertiary/aromatic N) is 1. The number of carbonyl (C=O) groups is 3. The molecule has 0 spiro atoms. The molecule has 3 aromatic carbocycles. The van der Waals surface area contributed by atoms with Crippen LogP contribution in [0.2, 0.25) is 18.1 Å². The van der Waals surface area contributed by atoms with Gasteiger partial charge >= 0.3 is 17.9 Å². The number of rotatable bonds is 15. The van der Waals surface area contributed by atoms with Gasteiger partial charge in [-0.1, -0.05) is 85.8 Å². The van der Waals surface area contributed by atoms with E-state index >= 15 is 0 Å². The standard InChI is InChI=1S/C42H53NO9S2Si/c1-10-29(27-48-55(8,9)42(5,6)7)28-53-40-36(52-39(46)32-24-18-13-19-25-32)35(51-38(45)31-22-16-12-17-23-31)34(50-37(44)30-20-14-11-15-21-30)33(49-40)26-43-54(47)41(2,3)4/h10-26,29,33-36,40H,1,27-28H2,2-9H3/b43-26+/t29?,33?,34?,35?,36?,40?,54-/m1/s1. The Kier molecular flexibility index (Phi) is 15.5. The van der Waals surface area contributed by atoms with Gasteiger partial charge in [0.15, 0.2) is 26.6 Å². The first-order valence-corrected chi connectivity index (χ1v) is 23.3. The van der Waals surface area contributed by atoms with Crippen molar-refractivity contribution in [3.05, 3.63) is 120 Å². The summed E-state index contributed by atoms with van der Waals surface area (Å²) in [7, 11) is -2.10. The van der Waals surface area contributed by atoms with Gasteiger partial charge in [0.05, 0.1) is 22.9 Å². The van der Waals surface area contributed by atoms with E-state index in [1.165, 1.54) is 18.0 Å². The van der Waals surface area contributed by atoms with Gasteiger partial charge in [-0.15, -0.1) is 18.3 Å². The summed E-state index contributed by atoms with van der Waals surface area (Å²) in [4.78, 5) is 41.3. The summed E-state index contributed by atoms with van der Waals surface area (Å²) in [6.07, 6.45) is -2.11. The van der Waals surface area contributed by atoms with Crippen LogP contribution in [0.1, 0.15) is 72.6 Å². The fraction of sp³-hybridized carbons (Fsp3) is 0.429. The number of thioether (sulfide) groups is 1. The summed E-state index contributed by atoms with van der Waals surface area (Å²) in [6.45, 7) is 20.7. The monoisotopic (exact) mass is 807 g/mol. The highest BCUT2D eigenvalue weighted by Crippen LogP contribution is 2.39. The third-order valence-corrected chi connectivity index (χ3v) is 16.6. The van der Waals surface area contributed by atoms with Crippen LogP contribution in [0.5, 0.6) is 0 Å². The maximum Gasteiger partial charge on any atom is 0.338 e. The van der Waals surface area contributed by atoms with Crippen molar-refractivity contribution < 1.29 is 42.3 Å². The van der Waals surface area contributed by atoms with E-state index in [9.17, 15) is 18.9 Å². The number of hydrogen-bond acceptors (Lipinski definition) is 11. The Morgan fingerprint density at radius 1 is 0.800 bits per heavy atom. The molecule has 0 N–H and O–H groups in total. The summed E-state index contributed by atoms with van der Waals surface area (Å²) in [6, 6.07) is 25.0. The summed E-state index contributed by atoms with van der Waals surface area (Å²) in [5, 5.41) is -0.00315. The summed E-state index contributed by atoms with van der Waals surface area (Å²) in [5.41, 5.74) is -0.265. The van der Waals surface area contributed by atoms with E-state index in [0.29, 0.717) is 12.4 Å². The summed E-state index contributed by atoms with van der Waals surface area (Å²) >= 11 is -0.400. The predicted octanol–water partition coefficient (Wildman–Crippen LogP) is 8.48. The average Bonchev–Trinajstić information content (AvgIpc) is 3.15. The molecule has 1 saturated heterocycles. The first-order valence-electron chi connectivity index (χ1n) is 18.2. The Morgan fingerprint density at radius 2 is 1.24 bits per heavy atom. The molecule has 7 atom stereocenters. The van der Waals surface area contributed by atoms with Crippen molar-refractivity contribution in [1.82, 2.24) is 0 Å². The lowest BCUT2D eigenvalue weighted by Crippen LogP contribution is -2.61. The first kappa shape index (κ1) is 44.0.